The van der Waals surface area contributed by atoms with Gasteiger partial charge in [-0.2, -0.15) is 0 Å². The van der Waals surface area contributed by atoms with Gasteiger partial charge in [-0.15, -0.1) is 0 Å². The maximum absolute atomic E-state index is 12.8. The molecule has 0 aromatic carbocycles. The highest BCUT2D eigenvalue weighted by atomic mass is 16.2. The van der Waals surface area contributed by atoms with Gasteiger partial charge >= 0.3 is 0 Å². The van der Waals surface area contributed by atoms with E-state index in [-0.39, 0.29) is 23.4 Å². The SMILES string of the molecule is Cc1ncc(CC(=O)N(C)CC2(N3CCCCC3)CCCCC2)c(=O)[nH]1. The Hall–Kier alpha value is -1.69. The first kappa shape index (κ1) is 19.1. The predicted molar refractivity (Wildman–Crippen MR) is 102 cm³/mol. The highest BCUT2D eigenvalue weighted by molar-refractivity contribution is 5.78. The molecule has 1 saturated heterocycles. The second-order valence-electron chi connectivity index (χ2n) is 8.08. The molecule has 1 aliphatic heterocycles. The van der Waals surface area contributed by atoms with Gasteiger partial charge < -0.3 is 9.88 Å². The van der Waals surface area contributed by atoms with Gasteiger partial charge in [-0.25, -0.2) is 4.98 Å². The van der Waals surface area contributed by atoms with Gasteiger partial charge in [0, 0.05) is 30.9 Å². The van der Waals surface area contributed by atoms with Crippen molar-refractivity contribution in [3.05, 3.63) is 27.9 Å². The number of nitrogens with zero attached hydrogens (tertiary/aromatic N) is 3. The van der Waals surface area contributed by atoms with Crippen LogP contribution in [0.1, 0.15) is 62.8 Å². The summed E-state index contributed by atoms with van der Waals surface area (Å²) < 4.78 is 0. The van der Waals surface area contributed by atoms with Crippen LogP contribution in [-0.2, 0) is 11.2 Å². The number of piperidine rings is 1. The van der Waals surface area contributed by atoms with E-state index in [0.717, 1.165) is 19.6 Å². The standard InChI is InChI=1S/C20H32N4O2/c1-16-21-14-17(19(26)22-16)13-18(25)23(2)15-20(9-5-3-6-10-20)24-11-7-4-8-12-24/h14H,3-13,15H2,1-2H3,(H,21,22,26). The van der Waals surface area contributed by atoms with Crippen LogP contribution < -0.4 is 5.56 Å². The lowest BCUT2D eigenvalue weighted by molar-refractivity contribution is -0.132. The van der Waals surface area contributed by atoms with Crippen molar-refractivity contribution in [2.75, 3.05) is 26.7 Å². The predicted octanol–water partition coefficient (Wildman–Crippen LogP) is 2.27. The van der Waals surface area contributed by atoms with Crippen molar-refractivity contribution in [2.45, 2.75) is 70.3 Å². The smallest absolute Gasteiger partial charge is 0.254 e. The summed E-state index contributed by atoms with van der Waals surface area (Å²) in [4.78, 5) is 36.1. The molecule has 2 aliphatic rings. The number of aromatic nitrogens is 2. The molecule has 3 rings (SSSR count). The average molecular weight is 361 g/mol. The molecule has 2 heterocycles. The third-order valence-corrected chi connectivity index (χ3v) is 6.11. The number of amides is 1. The van der Waals surface area contributed by atoms with E-state index >= 15 is 0 Å². The van der Waals surface area contributed by atoms with E-state index in [1.54, 1.807) is 6.92 Å². The van der Waals surface area contributed by atoms with Crippen LogP contribution in [0.15, 0.2) is 11.0 Å². The lowest BCUT2D eigenvalue weighted by Gasteiger charge is -2.49. The third kappa shape index (κ3) is 4.34. The summed E-state index contributed by atoms with van der Waals surface area (Å²) in [5.41, 5.74) is 0.367. The van der Waals surface area contributed by atoms with Crippen LogP contribution in [0.3, 0.4) is 0 Å². The molecule has 144 valence electrons. The molecular formula is C20H32N4O2. The quantitative estimate of drug-likeness (QED) is 0.874. The minimum Gasteiger partial charge on any atom is -0.344 e. The summed E-state index contributed by atoms with van der Waals surface area (Å²) in [7, 11) is 1.89. The Bertz CT molecular complexity index is 673. The van der Waals surface area contributed by atoms with Crippen molar-refractivity contribution in [1.82, 2.24) is 19.8 Å². The van der Waals surface area contributed by atoms with Gasteiger partial charge in [-0.3, -0.25) is 14.5 Å². The minimum absolute atomic E-state index is 0.00288. The number of aromatic amines is 1. The largest absolute Gasteiger partial charge is 0.344 e. The summed E-state index contributed by atoms with van der Waals surface area (Å²) in [5.74, 6) is 0.578. The number of hydrogen-bond acceptors (Lipinski definition) is 4. The number of carbonyl (C=O) groups excluding carboxylic acids is 1. The number of likely N-dealkylation sites (tertiary alicyclic amines) is 1. The number of likely N-dealkylation sites (N-methyl/N-ethyl adjacent to an activating group) is 1. The lowest BCUT2D eigenvalue weighted by Crippen LogP contribution is -2.58. The summed E-state index contributed by atoms with van der Waals surface area (Å²) in [6, 6.07) is 0. The van der Waals surface area contributed by atoms with E-state index < -0.39 is 0 Å². The molecule has 0 atom stereocenters. The Balaban J connectivity index is 1.69. The van der Waals surface area contributed by atoms with Gasteiger partial charge in [0.1, 0.15) is 5.82 Å². The molecule has 2 fully saturated rings. The van der Waals surface area contributed by atoms with Crippen molar-refractivity contribution in [3.8, 4) is 0 Å². The number of aryl methyl sites for hydroxylation is 1. The van der Waals surface area contributed by atoms with E-state index in [1.165, 1.54) is 57.6 Å². The summed E-state index contributed by atoms with van der Waals surface area (Å²) in [6.45, 7) is 4.82. The van der Waals surface area contributed by atoms with Crippen LogP contribution in [0.5, 0.6) is 0 Å². The van der Waals surface area contributed by atoms with Crippen molar-refractivity contribution in [2.24, 2.45) is 0 Å². The maximum Gasteiger partial charge on any atom is 0.254 e. The van der Waals surface area contributed by atoms with Crippen LogP contribution in [-0.4, -0.2) is 57.9 Å². The zero-order valence-corrected chi connectivity index (χ0v) is 16.2. The van der Waals surface area contributed by atoms with E-state index in [2.05, 4.69) is 14.9 Å². The highest BCUT2D eigenvalue weighted by Gasteiger charge is 2.39. The molecule has 1 aromatic rings. The van der Waals surface area contributed by atoms with Crippen LogP contribution in [0.25, 0.3) is 0 Å². The maximum atomic E-state index is 12.8. The number of nitrogens with one attached hydrogen (secondary N) is 1. The first-order valence-corrected chi connectivity index (χ1v) is 10.0. The second kappa shape index (κ2) is 8.33. The number of carbonyl (C=O) groups is 1. The van der Waals surface area contributed by atoms with E-state index in [1.807, 2.05) is 11.9 Å². The second-order valence-corrected chi connectivity index (χ2v) is 8.08. The Morgan fingerprint density at radius 3 is 2.50 bits per heavy atom. The lowest BCUT2D eigenvalue weighted by atomic mass is 9.78. The molecular weight excluding hydrogens is 328 g/mol. The van der Waals surface area contributed by atoms with E-state index in [9.17, 15) is 9.59 Å². The van der Waals surface area contributed by atoms with Crippen molar-refractivity contribution >= 4 is 5.91 Å². The van der Waals surface area contributed by atoms with Gasteiger partial charge in [0.05, 0.1) is 6.42 Å². The van der Waals surface area contributed by atoms with Gasteiger partial charge in [0.15, 0.2) is 0 Å². The number of H-pyrrole nitrogens is 1. The van der Waals surface area contributed by atoms with E-state index in [4.69, 9.17) is 0 Å². The molecule has 1 amide bonds. The van der Waals surface area contributed by atoms with Gasteiger partial charge in [0.25, 0.3) is 5.56 Å². The number of rotatable bonds is 5. The van der Waals surface area contributed by atoms with Crippen LogP contribution in [0.2, 0.25) is 0 Å². The van der Waals surface area contributed by atoms with Crippen molar-refractivity contribution in [1.29, 1.82) is 0 Å². The Morgan fingerprint density at radius 2 is 1.85 bits per heavy atom. The third-order valence-electron chi connectivity index (χ3n) is 6.11. The summed E-state index contributed by atoms with van der Waals surface area (Å²) in [5, 5.41) is 0. The first-order chi connectivity index (χ1) is 12.5. The molecule has 26 heavy (non-hydrogen) atoms. The fraction of sp³-hybridized carbons (Fsp3) is 0.750. The molecule has 1 saturated carbocycles. The molecule has 6 nitrogen and oxygen atoms in total. The summed E-state index contributed by atoms with van der Waals surface area (Å²) >= 11 is 0. The zero-order chi connectivity index (χ0) is 18.6. The fourth-order valence-electron chi connectivity index (χ4n) is 4.62. The molecule has 1 aliphatic carbocycles. The average Bonchev–Trinajstić information content (AvgIpc) is 2.65. The monoisotopic (exact) mass is 360 g/mol. The molecule has 6 heteroatoms. The number of hydrogen-bond donors (Lipinski definition) is 1. The van der Waals surface area contributed by atoms with Gasteiger partial charge in [-0.1, -0.05) is 25.7 Å². The Labute approximate surface area is 156 Å². The Morgan fingerprint density at radius 1 is 1.19 bits per heavy atom. The highest BCUT2D eigenvalue weighted by Crippen LogP contribution is 2.36. The van der Waals surface area contributed by atoms with Crippen molar-refractivity contribution in [3.63, 3.8) is 0 Å². The van der Waals surface area contributed by atoms with Crippen LogP contribution >= 0.6 is 0 Å². The molecule has 0 radical (unpaired) electrons. The zero-order valence-electron chi connectivity index (χ0n) is 16.2. The van der Waals surface area contributed by atoms with Gasteiger partial charge in [-0.05, 0) is 45.7 Å². The van der Waals surface area contributed by atoms with Crippen LogP contribution in [0, 0.1) is 6.92 Å². The van der Waals surface area contributed by atoms with Crippen molar-refractivity contribution < 1.29 is 4.79 Å². The topological polar surface area (TPSA) is 69.3 Å². The molecule has 0 spiro atoms. The molecule has 0 unspecified atom stereocenters. The van der Waals surface area contributed by atoms with Gasteiger partial charge in [0.2, 0.25) is 5.91 Å². The Kier molecular flexibility index (Phi) is 6.12. The van der Waals surface area contributed by atoms with Crippen LogP contribution in [0.4, 0.5) is 0 Å². The molecule has 0 bridgehead atoms. The minimum atomic E-state index is -0.206. The fourth-order valence-corrected chi connectivity index (χ4v) is 4.62. The normalized spacial score (nSPS) is 20.7. The molecule has 1 aromatic heterocycles. The van der Waals surface area contributed by atoms with E-state index in [0.29, 0.717) is 11.4 Å². The molecule has 1 N–H and O–H groups in total. The first-order valence-electron chi connectivity index (χ1n) is 10.0. The summed E-state index contributed by atoms with van der Waals surface area (Å²) in [6.07, 6.45) is 11.7.